The first-order chi connectivity index (χ1) is 9.72. The minimum Gasteiger partial charge on any atom is -0.385 e. The fourth-order valence-corrected chi connectivity index (χ4v) is 2.39. The standard InChI is InChI=1S/C15H21N3O2/c1-2-16-14(19)8-10-18-15(20)12-5-3-7-13-11(12)6-4-9-17-13/h3,5,7,17H,2,4,6,8-10H2,1H3,(H,16,19)(H,18,20). The summed E-state index contributed by atoms with van der Waals surface area (Å²) in [6.45, 7) is 3.81. The molecule has 0 saturated carbocycles. The maximum absolute atomic E-state index is 12.2. The number of hydrogen-bond acceptors (Lipinski definition) is 3. The molecule has 1 aliphatic heterocycles. The SMILES string of the molecule is CCNC(=O)CCNC(=O)c1cccc2c1CCCN2. The van der Waals surface area contributed by atoms with Crippen LogP contribution in [0.25, 0.3) is 0 Å². The van der Waals surface area contributed by atoms with E-state index in [1.807, 2.05) is 25.1 Å². The van der Waals surface area contributed by atoms with Crippen molar-refractivity contribution in [1.82, 2.24) is 10.6 Å². The van der Waals surface area contributed by atoms with Crippen LogP contribution in [-0.2, 0) is 11.2 Å². The summed E-state index contributed by atoms with van der Waals surface area (Å²) in [4.78, 5) is 23.5. The predicted octanol–water partition coefficient (Wildman–Crippen LogP) is 1.30. The molecule has 0 radical (unpaired) electrons. The van der Waals surface area contributed by atoms with Crippen LogP contribution in [0.3, 0.4) is 0 Å². The number of nitrogens with one attached hydrogen (secondary N) is 3. The summed E-state index contributed by atoms with van der Waals surface area (Å²) in [5, 5.41) is 8.82. The van der Waals surface area contributed by atoms with E-state index in [-0.39, 0.29) is 11.8 Å². The molecule has 0 spiro atoms. The second kappa shape index (κ2) is 6.93. The second-order valence-electron chi connectivity index (χ2n) is 4.82. The molecule has 1 aromatic rings. The fourth-order valence-electron chi connectivity index (χ4n) is 2.39. The van der Waals surface area contributed by atoms with Crippen LogP contribution in [0, 0.1) is 0 Å². The molecule has 2 amide bonds. The average Bonchev–Trinajstić information content (AvgIpc) is 2.47. The topological polar surface area (TPSA) is 70.2 Å². The molecule has 2 rings (SSSR count). The number of carbonyl (C=O) groups is 2. The van der Waals surface area contributed by atoms with E-state index in [0.717, 1.165) is 30.6 Å². The summed E-state index contributed by atoms with van der Waals surface area (Å²) in [6, 6.07) is 5.73. The smallest absolute Gasteiger partial charge is 0.251 e. The normalized spacial score (nSPS) is 13.1. The Morgan fingerprint density at radius 2 is 2.15 bits per heavy atom. The van der Waals surface area contributed by atoms with Crippen molar-refractivity contribution >= 4 is 17.5 Å². The molecule has 108 valence electrons. The molecule has 0 bridgehead atoms. The average molecular weight is 275 g/mol. The number of carbonyl (C=O) groups excluding carboxylic acids is 2. The number of amides is 2. The molecule has 20 heavy (non-hydrogen) atoms. The Kier molecular flexibility index (Phi) is 4.98. The molecule has 1 aromatic carbocycles. The largest absolute Gasteiger partial charge is 0.385 e. The molecule has 0 unspecified atom stereocenters. The van der Waals surface area contributed by atoms with Crippen LogP contribution in [0.1, 0.15) is 35.7 Å². The van der Waals surface area contributed by atoms with Gasteiger partial charge in [-0.3, -0.25) is 9.59 Å². The van der Waals surface area contributed by atoms with Gasteiger partial charge in [0, 0.05) is 37.3 Å². The van der Waals surface area contributed by atoms with Crippen LogP contribution in [0.15, 0.2) is 18.2 Å². The second-order valence-corrected chi connectivity index (χ2v) is 4.82. The Morgan fingerprint density at radius 1 is 1.30 bits per heavy atom. The Bertz CT molecular complexity index is 500. The van der Waals surface area contributed by atoms with E-state index in [9.17, 15) is 9.59 Å². The van der Waals surface area contributed by atoms with Crippen molar-refractivity contribution in [3.8, 4) is 0 Å². The number of fused-ring (bicyclic) bond motifs is 1. The van der Waals surface area contributed by atoms with Gasteiger partial charge in [-0.05, 0) is 37.5 Å². The highest BCUT2D eigenvalue weighted by Crippen LogP contribution is 2.25. The van der Waals surface area contributed by atoms with Crippen molar-refractivity contribution in [3.63, 3.8) is 0 Å². The summed E-state index contributed by atoms with van der Waals surface area (Å²) >= 11 is 0. The molecule has 3 N–H and O–H groups in total. The van der Waals surface area contributed by atoms with Crippen molar-refractivity contribution in [2.45, 2.75) is 26.2 Å². The molecule has 0 atom stereocenters. The summed E-state index contributed by atoms with van der Waals surface area (Å²) in [7, 11) is 0. The number of benzene rings is 1. The lowest BCUT2D eigenvalue weighted by molar-refractivity contribution is -0.120. The van der Waals surface area contributed by atoms with Crippen molar-refractivity contribution in [1.29, 1.82) is 0 Å². The highest BCUT2D eigenvalue weighted by Gasteiger charge is 2.17. The monoisotopic (exact) mass is 275 g/mol. The minimum atomic E-state index is -0.102. The highest BCUT2D eigenvalue weighted by atomic mass is 16.2. The lowest BCUT2D eigenvalue weighted by Gasteiger charge is -2.20. The molecule has 0 saturated heterocycles. The van der Waals surface area contributed by atoms with Crippen molar-refractivity contribution < 1.29 is 9.59 Å². The van der Waals surface area contributed by atoms with Crippen LogP contribution in [0.5, 0.6) is 0 Å². The Hall–Kier alpha value is -2.04. The van der Waals surface area contributed by atoms with E-state index in [1.165, 1.54) is 0 Å². The predicted molar refractivity (Wildman–Crippen MR) is 78.9 cm³/mol. The van der Waals surface area contributed by atoms with Crippen molar-refractivity contribution in [2.24, 2.45) is 0 Å². The van der Waals surface area contributed by atoms with Gasteiger partial charge in [-0.15, -0.1) is 0 Å². The van der Waals surface area contributed by atoms with Gasteiger partial charge in [0.2, 0.25) is 5.91 Å². The van der Waals surface area contributed by atoms with Crippen LogP contribution < -0.4 is 16.0 Å². The van der Waals surface area contributed by atoms with Crippen LogP contribution in [-0.4, -0.2) is 31.4 Å². The molecule has 5 heteroatoms. The van der Waals surface area contributed by atoms with Gasteiger partial charge in [0.25, 0.3) is 5.91 Å². The van der Waals surface area contributed by atoms with Gasteiger partial charge in [-0.1, -0.05) is 6.07 Å². The van der Waals surface area contributed by atoms with Gasteiger partial charge in [-0.25, -0.2) is 0 Å². The maximum atomic E-state index is 12.2. The molecule has 0 aromatic heterocycles. The number of rotatable bonds is 5. The first kappa shape index (κ1) is 14.4. The highest BCUT2D eigenvalue weighted by molar-refractivity contribution is 5.97. The summed E-state index contributed by atoms with van der Waals surface area (Å²) in [5.74, 6) is -0.139. The molecule has 1 heterocycles. The molecular weight excluding hydrogens is 254 g/mol. The lowest BCUT2D eigenvalue weighted by atomic mass is 9.97. The first-order valence-electron chi connectivity index (χ1n) is 7.13. The van der Waals surface area contributed by atoms with E-state index < -0.39 is 0 Å². The Balaban J connectivity index is 1.94. The Morgan fingerprint density at radius 3 is 2.95 bits per heavy atom. The van der Waals surface area contributed by atoms with E-state index in [0.29, 0.717) is 25.1 Å². The zero-order valence-corrected chi connectivity index (χ0v) is 11.8. The third-order valence-electron chi connectivity index (χ3n) is 3.35. The molecular formula is C15H21N3O2. The van der Waals surface area contributed by atoms with Crippen LogP contribution in [0.2, 0.25) is 0 Å². The van der Waals surface area contributed by atoms with Crippen molar-refractivity contribution in [2.75, 3.05) is 25.0 Å². The molecule has 1 aliphatic rings. The fraction of sp³-hybridized carbons (Fsp3) is 0.467. The quantitative estimate of drug-likeness (QED) is 0.758. The Labute approximate surface area is 119 Å². The van der Waals surface area contributed by atoms with Gasteiger partial charge in [0.05, 0.1) is 0 Å². The number of hydrogen-bond donors (Lipinski definition) is 3. The van der Waals surface area contributed by atoms with Gasteiger partial charge in [0.15, 0.2) is 0 Å². The van der Waals surface area contributed by atoms with E-state index in [2.05, 4.69) is 16.0 Å². The zero-order chi connectivity index (χ0) is 14.4. The van der Waals surface area contributed by atoms with Crippen LogP contribution >= 0.6 is 0 Å². The molecule has 5 nitrogen and oxygen atoms in total. The molecule has 0 fully saturated rings. The van der Waals surface area contributed by atoms with E-state index in [4.69, 9.17) is 0 Å². The summed E-state index contributed by atoms with van der Waals surface area (Å²) in [5.41, 5.74) is 2.84. The molecule has 0 aliphatic carbocycles. The van der Waals surface area contributed by atoms with Gasteiger partial charge in [0.1, 0.15) is 0 Å². The summed E-state index contributed by atoms with van der Waals surface area (Å²) in [6.07, 6.45) is 2.27. The maximum Gasteiger partial charge on any atom is 0.251 e. The van der Waals surface area contributed by atoms with Crippen LogP contribution in [0.4, 0.5) is 5.69 Å². The zero-order valence-electron chi connectivity index (χ0n) is 11.8. The van der Waals surface area contributed by atoms with Gasteiger partial charge in [-0.2, -0.15) is 0 Å². The third-order valence-corrected chi connectivity index (χ3v) is 3.35. The van der Waals surface area contributed by atoms with Crippen molar-refractivity contribution in [3.05, 3.63) is 29.3 Å². The first-order valence-corrected chi connectivity index (χ1v) is 7.13. The summed E-state index contributed by atoms with van der Waals surface area (Å²) < 4.78 is 0. The third kappa shape index (κ3) is 3.50. The van der Waals surface area contributed by atoms with E-state index >= 15 is 0 Å². The van der Waals surface area contributed by atoms with Gasteiger partial charge < -0.3 is 16.0 Å². The lowest BCUT2D eigenvalue weighted by Crippen LogP contribution is -2.31. The minimum absolute atomic E-state index is 0.0374. The number of anilines is 1. The van der Waals surface area contributed by atoms with E-state index in [1.54, 1.807) is 0 Å². The van der Waals surface area contributed by atoms with Gasteiger partial charge >= 0.3 is 0 Å².